The van der Waals surface area contributed by atoms with E-state index in [-0.39, 0.29) is 18.2 Å². The Balaban J connectivity index is 1.86. The second kappa shape index (κ2) is 8.73. The number of anilines is 1. The molecule has 2 aromatic carbocycles. The second-order valence-electron chi connectivity index (χ2n) is 5.70. The zero-order valence-corrected chi connectivity index (χ0v) is 14.7. The van der Waals surface area contributed by atoms with Crippen LogP contribution in [0.2, 0.25) is 0 Å². The number of nitrogens with zero attached hydrogens (tertiary/aromatic N) is 1. The highest BCUT2D eigenvalue weighted by Gasteiger charge is 2.09. The Morgan fingerprint density at radius 3 is 2.40 bits per heavy atom. The second-order valence-corrected chi connectivity index (χ2v) is 5.70. The lowest BCUT2D eigenvalue weighted by Gasteiger charge is -2.13. The first-order valence-electron chi connectivity index (χ1n) is 8.08. The summed E-state index contributed by atoms with van der Waals surface area (Å²) in [7, 11) is 3.80. The van der Waals surface area contributed by atoms with Crippen molar-refractivity contribution in [3.63, 3.8) is 0 Å². The summed E-state index contributed by atoms with van der Waals surface area (Å²) in [6.45, 7) is 2.51. The van der Waals surface area contributed by atoms with E-state index in [2.05, 4.69) is 10.9 Å². The average Bonchev–Trinajstić information content (AvgIpc) is 2.61. The van der Waals surface area contributed by atoms with Gasteiger partial charge in [0.1, 0.15) is 5.75 Å². The molecule has 6 heteroatoms. The van der Waals surface area contributed by atoms with Crippen LogP contribution < -0.4 is 20.5 Å². The van der Waals surface area contributed by atoms with Crippen LogP contribution in [-0.4, -0.2) is 32.5 Å². The number of benzene rings is 2. The summed E-state index contributed by atoms with van der Waals surface area (Å²) in [5.41, 5.74) is 7.10. The van der Waals surface area contributed by atoms with Gasteiger partial charge in [0.2, 0.25) is 5.91 Å². The molecule has 0 radical (unpaired) electrons. The molecule has 2 rings (SSSR count). The fourth-order valence-electron chi connectivity index (χ4n) is 2.22. The zero-order chi connectivity index (χ0) is 18.2. The maximum Gasteiger partial charge on any atom is 0.269 e. The van der Waals surface area contributed by atoms with Gasteiger partial charge in [-0.15, -0.1) is 0 Å². The topological polar surface area (TPSA) is 70.7 Å². The van der Waals surface area contributed by atoms with Gasteiger partial charge in [-0.25, -0.2) is 0 Å². The van der Waals surface area contributed by atoms with Crippen molar-refractivity contribution >= 4 is 17.5 Å². The largest absolute Gasteiger partial charge is 0.494 e. The van der Waals surface area contributed by atoms with Crippen LogP contribution in [0.25, 0.3) is 0 Å². The molecule has 0 aliphatic carbocycles. The number of ether oxygens (including phenoxy) is 1. The number of nitrogens with one attached hydrogen (secondary N) is 2. The van der Waals surface area contributed by atoms with Gasteiger partial charge in [-0.2, -0.15) is 0 Å². The number of hydrogen-bond donors (Lipinski definition) is 2. The first kappa shape index (κ1) is 18.3. The first-order chi connectivity index (χ1) is 12.0. The van der Waals surface area contributed by atoms with E-state index in [1.165, 1.54) is 0 Å². The number of amides is 2. The van der Waals surface area contributed by atoms with E-state index in [0.29, 0.717) is 12.2 Å². The van der Waals surface area contributed by atoms with Crippen molar-refractivity contribution in [2.24, 2.45) is 0 Å². The fourth-order valence-corrected chi connectivity index (χ4v) is 2.22. The molecule has 6 nitrogen and oxygen atoms in total. The van der Waals surface area contributed by atoms with Gasteiger partial charge >= 0.3 is 0 Å². The minimum atomic E-state index is -0.358. The summed E-state index contributed by atoms with van der Waals surface area (Å²) in [5, 5.41) is 0. The van der Waals surface area contributed by atoms with Gasteiger partial charge in [-0.05, 0) is 42.8 Å². The Labute approximate surface area is 147 Å². The molecule has 0 spiro atoms. The number of carbonyl (C=O) groups is 2. The molecule has 25 heavy (non-hydrogen) atoms. The third-order valence-corrected chi connectivity index (χ3v) is 3.54. The molecule has 0 saturated heterocycles. The smallest absolute Gasteiger partial charge is 0.269 e. The van der Waals surface area contributed by atoms with E-state index in [0.717, 1.165) is 17.0 Å². The van der Waals surface area contributed by atoms with E-state index in [1.54, 1.807) is 18.2 Å². The Hall–Kier alpha value is -3.02. The van der Waals surface area contributed by atoms with E-state index < -0.39 is 0 Å². The van der Waals surface area contributed by atoms with E-state index in [4.69, 9.17) is 4.74 Å². The molecule has 0 aliphatic heterocycles. The fraction of sp³-hybridized carbons (Fsp3) is 0.263. The Morgan fingerprint density at radius 1 is 1.04 bits per heavy atom. The minimum Gasteiger partial charge on any atom is -0.494 e. The van der Waals surface area contributed by atoms with Crippen molar-refractivity contribution < 1.29 is 14.3 Å². The number of carbonyl (C=O) groups excluding carboxylic acids is 2. The van der Waals surface area contributed by atoms with Gasteiger partial charge in [-0.3, -0.25) is 20.4 Å². The molecule has 0 saturated carbocycles. The Morgan fingerprint density at radius 2 is 1.76 bits per heavy atom. The highest BCUT2D eigenvalue weighted by molar-refractivity contribution is 5.96. The summed E-state index contributed by atoms with van der Waals surface area (Å²) in [6, 6.07) is 14.4. The van der Waals surface area contributed by atoms with Gasteiger partial charge in [0, 0.05) is 25.3 Å². The number of rotatable bonds is 6. The lowest BCUT2D eigenvalue weighted by molar-refractivity contribution is -0.121. The van der Waals surface area contributed by atoms with Crippen molar-refractivity contribution in [2.75, 3.05) is 25.6 Å². The Bertz CT molecular complexity index is 727. The third-order valence-electron chi connectivity index (χ3n) is 3.54. The van der Waals surface area contributed by atoms with Crippen molar-refractivity contribution in [3.05, 3.63) is 59.7 Å². The van der Waals surface area contributed by atoms with Gasteiger partial charge in [0.15, 0.2) is 0 Å². The first-order valence-corrected chi connectivity index (χ1v) is 8.08. The quantitative estimate of drug-likeness (QED) is 0.790. The number of hydrogen-bond acceptors (Lipinski definition) is 4. The van der Waals surface area contributed by atoms with Crippen molar-refractivity contribution in [3.8, 4) is 5.75 Å². The molecular weight excluding hydrogens is 318 g/mol. The highest BCUT2D eigenvalue weighted by atomic mass is 16.5. The summed E-state index contributed by atoms with van der Waals surface area (Å²) in [5.74, 6) is 0.116. The maximum atomic E-state index is 12.1. The summed E-state index contributed by atoms with van der Waals surface area (Å²) < 4.78 is 5.36. The molecule has 0 atom stereocenters. The van der Waals surface area contributed by atoms with Crippen molar-refractivity contribution in [1.82, 2.24) is 10.9 Å². The maximum absolute atomic E-state index is 12.1. The van der Waals surface area contributed by atoms with Crippen LogP contribution in [0.3, 0.4) is 0 Å². The van der Waals surface area contributed by atoms with Crippen LogP contribution in [0.4, 0.5) is 5.69 Å². The zero-order valence-electron chi connectivity index (χ0n) is 14.7. The lowest BCUT2D eigenvalue weighted by atomic mass is 10.1. The molecule has 132 valence electrons. The normalized spacial score (nSPS) is 10.0. The molecule has 0 bridgehead atoms. The predicted octanol–water partition coefficient (Wildman–Crippen LogP) is 2.16. The molecule has 0 aliphatic rings. The molecule has 2 aromatic rings. The minimum absolute atomic E-state index is 0.171. The average molecular weight is 341 g/mol. The van der Waals surface area contributed by atoms with Gasteiger partial charge in [0.05, 0.1) is 13.0 Å². The third kappa shape index (κ3) is 5.53. The monoisotopic (exact) mass is 341 g/mol. The SMILES string of the molecule is CCOc1ccc(CC(=O)NNC(=O)c2cccc(N(C)C)c2)cc1. The summed E-state index contributed by atoms with van der Waals surface area (Å²) >= 11 is 0. The molecule has 2 N–H and O–H groups in total. The molecule has 0 fully saturated rings. The highest BCUT2D eigenvalue weighted by Crippen LogP contribution is 2.13. The van der Waals surface area contributed by atoms with Gasteiger partial charge in [-0.1, -0.05) is 18.2 Å². The van der Waals surface area contributed by atoms with Gasteiger partial charge in [0.25, 0.3) is 5.91 Å². The van der Waals surface area contributed by atoms with E-state index in [1.807, 2.05) is 56.3 Å². The van der Waals surface area contributed by atoms with E-state index in [9.17, 15) is 9.59 Å². The summed E-state index contributed by atoms with van der Waals surface area (Å²) in [6.07, 6.45) is 0.171. The number of hydrazine groups is 1. The van der Waals surface area contributed by atoms with E-state index >= 15 is 0 Å². The molecule has 0 heterocycles. The van der Waals surface area contributed by atoms with Crippen molar-refractivity contribution in [2.45, 2.75) is 13.3 Å². The molecule has 2 amide bonds. The van der Waals surface area contributed by atoms with Gasteiger partial charge < -0.3 is 9.64 Å². The molecular formula is C19H23N3O3. The Kier molecular flexibility index (Phi) is 6.39. The van der Waals surface area contributed by atoms with Crippen LogP contribution in [-0.2, 0) is 11.2 Å². The van der Waals surface area contributed by atoms with Crippen molar-refractivity contribution in [1.29, 1.82) is 0 Å². The molecule has 0 unspecified atom stereocenters. The summed E-state index contributed by atoms with van der Waals surface area (Å²) in [4.78, 5) is 26.0. The van der Waals surface area contributed by atoms with Crippen LogP contribution in [0.15, 0.2) is 48.5 Å². The standard InChI is InChI=1S/C19H23N3O3/c1-4-25-17-10-8-14(9-11-17)12-18(23)20-21-19(24)15-6-5-7-16(13-15)22(2)3/h5-11,13H,4,12H2,1-3H3,(H,20,23)(H,21,24). The lowest BCUT2D eigenvalue weighted by Crippen LogP contribution is -2.42. The predicted molar refractivity (Wildman–Crippen MR) is 97.7 cm³/mol. The molecule has 0 aromatic heterocycles. The van der Waals surface area contributed by atoms with Crippen LogP contribution in [0.1, 0.15) is 22.8 Å². The van der Waals surface area contributed by atoms with Crippen LogP contribution in [0, 0.1) is 0 Å². The van der Waals surface area contributed by atoms with Crippen LogP contribution >= 0.6 is 0 Å². The van der Waals surface area contributed by atoms with Crippen LogP contribution in [0.5, 0.6) is 5.75 Å².